The van der Waals surface area contributed by atoms with Gasteiger partial charge >= 0.3 is 0 Å². The first-order chi connectivity index (χ1) is 8.82. The van der Waals surface area contributed by atoms with Gasteiger partial charge < -0.3 is 15.9 Å². The summed E-state index contributed by atoms with van der Waals surface area (Å²) in [7, 11) is 0. The minimum Gasteiger partial charge on any atom is -0.399 e. The van der Waals surface area contributed by atoms with Gasteiger partial charge in [0, 0.05) is 24.4 Å². The molecule has 8 heteroatoms. The normalized spacial score (nSPS) is 13.8. The van der Waals surface area contributed by atoms with Gasteiger partial charge in [0.15, 0.2) is 5.12 Å². The van der Waals surface area contributed by atoms with Gasteiger partial charge in [-0.05, 0) is 12.1 Å². The minimum absolute atomic E-state index is 0.0531. The zero-order chi connectivity index (χ0) is 14.6. The van der Waals surface area contributed by atoms with Crippen molar-refractivity contribution in [3.05, 3.63) is 33.9 Å². The van der Waals surface area contributed by atoms with E-state index in [1.165, 1.54) is 25.1 Å². The van der Waals surface area contributed by atoms with Crippen LogP contribution < -0.4 is 5.73 Å². The van der Waals surface area contributed by atoms with Crippen LogP contribution in [0.4, 0.5) is 11.4 Å². The molecule has 0 saturated heterocycles. The van der Waals surface area contributed by atoms with Crippen molar-refractivity contribution in [3.8, 4) is 0 Å². The van der Waals surface area contributed by atoms with Crippen molar-refractivity contribution < 1.29 is 19.9 Å². The Balaban J connectivity index is 2.97. The van der Waals surface area contributed by atoms with Crippen LogP contribution in [0.1, 0.15) is 18.6 Å². The second-order valence-electron chi connectivity index (χ2n) is 3.89. The van der Waals surface area contributed by atoms with Crippen LogP contribution in [-0.2, 0) is 4.79 Å². The lowest BCUT2D eigenvalue weighted by Crippen LogP contribution is -2.22. The Morgan fingerprint density at radius 1 is 1.53 bits per heavy atom. The second kappa shape index (κ2) is 6.50. The summed E-state index contributed by atoms with van der Waals surface area (Å²) in [5, 5.41) is 30.3. The van der Waals surface area contributed by atoms with Crippen molar-refractivity contribution in [2.24, 2.45) is 0 Å². The van der Waals surface area contributed by atoms with E-state index in [9.17, 15) is 25.1 Å². The highest BCUT2D eigenvalue weighted by molar-refractivity contribution is 8.13. The minimum atomic E-state index is -1.48. The number of nitrogen functional groups attached to an aromatic ring is 1. The number of aliphatic hydroxyl groups excluding tert-OH is 2. The molecule has 0 aliphatic carbocycles. The molecule has 0 spiro atoms. The molecule has 19 heavy (non-hydrogen) atoms. The highest BCUT2D eigenvalue weighted by atomic mass is 32.2. The largest absolute Gasteiger partial charge is 0.399 e. The molecular formula is C11H14N2O5S. The Labute approximate surface area is 113 Å². The van der Waals surface area contributed by atoms with Gasteiger partial charge in [0.2, 0.25) is 0 Å². The molecule has 1 rings (SSSR count). The molecule has 4 N–H and O–H groups in total. The molecule has 0 aliphatic rings. The summed E-state index contributed by atoms with van der Waals surface area (Å²) in [5.74, 6) is -0.0531. The lowest BCUT2D eigenvalue weighted by atomic mass is 10.0. The summed E-state index contributed by atoms with van der Waals surface area (Å²) in [6.07, 6.45) is -2.77. The molecule has 7 nitrogen and oxygen atoms in total. The average Bonchev–Trinajstić information content (AvgIpc) is 2.34. The van der Waals surface area contributed by atoms with E-state index < -0.39 is 17.1 Å². The molecule has 1 aromatic rings. The quantitative estimate of drug-likeness (QED) is 0.416. The second-order valence-corrected chi connectivity index (χ2v) is 5.09. The number of anilines is 1. The molecule has 104 valence electrons. The van der Waals surface area contributed by atoms with Crippen LogP contribution in [0.2, 0.25) is 0 Å². The number of aliphatic hydroxyl groups is 2. The number of hydrogen-bond donors (Lipinski definition) is 3. The molecule has 0 bridgehead atoms. The van der Waals surface area contributed by atoms with Crippen molar-refractivity contribution in [2.75, 3.05) is 11.5 Å². The number of hydrogen-bond acceptors (Lipinski definition) is 7. The molecule has 0 heterocycles. The Morgan fingerprint density at radius 2 is 2.16 bits per heavy atom. The summed E-state index contributed by atoms with van der Waals surface area (Å²) in [6.45, 7) is 1.33. The van der Waals surface area contributed by atoms with Gasteiger partial charge in [0.1, 0.15) is 6.10 Å². The van der Waals surface area contributed by atoms with Gasteiger partial charge in [-0.1, -0.05) is 11.8 Å². The average molecular weight is 286 g/mol. The van der Waals surface area contributed by atoms with E-state index in [0.717, 1.165) is 11.8 Å². The van der Waals surface area contributed by atoms with E-state index in [0.29, 0.717) is 0 Å². The van der Waals surface area contributed by atoms with Gasteiger partial charge in [-0.3, -0.25) is 14.9 Å². The molecule has 2 unspecified atom stereocenters. The number of nitro benzene ring substituents is 1. The van der Waals surface area contributed by atoms with Gasteiger partial charge in [-0.15, -0.1) is 0 Å². The monoisotopic (exact) mass is 286 g/mol. The maximum atomic E-state index is 10.8. The predicted molar refractivity (Wildman–Crippen MR) is 71.6 cm³/mol. The number of rotatable bonds is 5. The third kappa shape index (κ3) is 4.19. The summed E-state index contributed by atoms with van der Waals surface area (Å²) >= 11 is 0.831. The molecule has 0 aliphatic heterocycles. The van der Waals surface area contributed by atoms with E-state index in [1.54, 1.807) is 0 Å². The summed E-state index contributed by atoms with van der Waals surface area (Å²) in [6, 6.07) is 3.74. The molecule has 0 saturated carbocycles. The highest BCUT2D eigenvalue weighted by Gasteiger charge is 2.26. The summed E-state index contributed by atoms with van der Waals surface area (Å²) in [5.41, 5.74) is 5.36. The number of thioether (sulfide) groups is 1. The first-order valence-electron chi connectivity index (χ1n) is 5.36. The number of nitrogens with two attached hydrogens (primary N) is 1. The van der Waals surface area contributed by atoms with Crippen molar-refractivity contribution in [2.45, 2.75) is 19.1 Å². The van der Waals surface area contributed by atoms with Crippen molar-refractivity contribution >= 4 is 28.3 Å². The first-order valence-corrected chi connectivity index (χ1v) is 6.34. The summed E-state index contributed by atoms with van der Waals surface area (Å²) in [4.78, 5) is 21.0. The van der Waals surface area contributed by atoms with Gasteiger partial charge in [-0.2, -0.15) is 0 Å². The topological polar surface area (TPSA) is 127 Å². The van der Waals surface area contributed by atoms with E-state index in [1.807, 2.05) is 0 Å². The smallest absolute Gasteiger partial charge is 0.275 e. The lowest BCUT2D eigenvalue weighted by Gasteiger charge is -2.17. The fourth-order valence-electron chi connectivity index (χ4n) is 1.48. The Kier molecular flexibility index (Phi) is 5.28. The van der Waals surface area contributed by atoms with Crippen LogP contribution in [0.15, 0.2) is 18.2 Å². The fourth-order valence-corrected chi connectivity index (χ4v) is 2.07. The predicted octanol–water partition coefficient (Wildman–Crippen LogP) is 0.851. The van der Waals surface area contributed by atoms with Gasteiger partial charge in [-0.25, -0.2) is 0 Å². The molecule has 1 aromatic carbocycles. The lowest BCUT2D eigenvalue weighted by molar-refractivity contribution is -0.386. The molecule has 2 atom stereocenters. The number of nitrogens with zero attached hydrogens (tertiary/aromatic N) is 1. The maximum Gasteiger partial charge on any atom is 0.275 e. The van der Waals surface area contributed by atoms with E-state index in [4.69, 9.17) is 5.73 Å². The molecule has 0 radical (unpaired) electrons. The van der Waals surface area contributed by atoms with Crippen molar-refractivity contribution in [1.82, 2.24) is 0 Å². The number of carbonyl (C=O) groups excluding carboxylic acids is 1. The number of nitro groups is 1. The van der Waals surface area contributed by atoms with Crippen molar-refractivity contribution in [1.29, 1.82) is 0 Å². The fraction of sp³-hybridized carbons (Fsp3) is 0.364. The molecule has 0 fully saturated rings. The van der Waals surface area contributed by atoms with Crippen LogP contribution >= 0.6 is 11.8 Å². The highest BCUT2D eigenvalue weighted by Crippen LogP contribution is 2.30. The Bertz CT molecular complexity index is 494. The molecule has 0 amide bonds. The Hall–Kier alpha value is -1.64. The van der Waals surface area contributed by atoms with Crippen molar-refractivity contribution in [3.63, 3.8) is 0 Å². The van der Waals surface area contributed by atoms with Gasteiger partial charge in [0.05, 0.1) is 16.6 Å². The van der Waals surface area contributed by atoms with Crippen LogP contribution in [0.25, 0.3) is 0 Å². The van der Waals surface area contributed by atoms with Crippen LogP contribution in [0.5, 0.6) is 0 Å². The SMILES string of the molecule is CC(=O)SCC(O)C(O)c1cc(N)ccc1[N+](=O)[O-]. The van der Waals surface area contributed by atoms with E-state index in [2.05, 4.69) is 0 Å². The number of carbonyl (C=O) groups is 1. The number of benzene rings is 1. The standard InChI is InChI=1S/C11H14N2O5S/c1-6(14)19-5-10(15)11(16)8-4-7(12)2-3-9(8)13(17)18/h2-4,10-11,15-16H,5,12H2,1H3. The molecule has 0 aromatic heterocycles. The van der Waals surface area contributed by atoms with E-state index >= 15 is 0 Å². The third-order valence-corrected chi connectivity index (χ3v) is 3.30. The first kappa shape index (κ1) is 15.4. The van der Waals surface area contributed by atoms with Crippen LogP contribution in [0, 0.1) is 10.1 Å². The van der Waals surface area contributed by atoms with E-state index in [-0.39, 0.29) is 27.8 Å². The molecular weight excluding hydrogens is 272 g/mol. The van der Waals surface area contributed by atoms with Crippen LogP contribution in [-0.4, -0.2) is 32.1 Å². The maximum absolute atomic E-state index is 10.8. The third-order valence-electron chi connectivity index (χ3n) is 2.39. The zero-order valence-corrected chi connectivity index (χ0v) is 11.0. The zero-order valence-electron chi connectivity index (χ0n) is 10.1. The summed E-state index contributed by atoms with van der Waals surface area (Å²) < 4.78 is 0. The van der Waals surface area contributed by atoms with Crippen LogP contribution in [0.3, 0.4) is 0 Å². The Morgan fingerprint density at radius 3 is 2.68 bits per heavy atom. The van der Waals surface area contributed by atoms with Gasteiger partial charge in [0.25, 0.3) is 5.69 Å².